The molecular weight excluding hydrogens is 490 g/mol. The summed E-state index contributed by atoms with van der Waals surface area (Å²) in [6.45, 7) is 0. The smallest absolute Gasteiger partial charge is 0.434 e. The first kappa shape index (κ1) is 22.6. The average molecular weight is 500 g/mol. The number of aromatic nitrogens is 5. The zero-order chi connectivity index (χ0) is 24.1. The molecule has 2 aromatic carbocycles. The SMILES string of the molecule is Cn1nc(Oc2c(Cl)cc(-n3nc(C(F)(F)F)c(=O)[nH]c3=O)cc2Cl)c2ccccc2c1=O. The Labute approximate surface area is 190 Å². The van der Waals surface area contributed by atoms with Gasteiger partial charge in [0, 0.05) is 7.05 Å². The second-order valence-electron chi connectivity index (χ2n) is 6.64. The highest BCUT2D eigenvalue weighted by molar-refractivity contribution is 6.37. The van der Waals surface area contributed by atoms with E-state index < -0.39 is 23.1 Å². The van der Waals surface area contributed by atoms with Crippen molar-refractivity contribution in [2.24, 2.45) is 7.05 Å². The Morgan fingerprint density at radius 2 is 1.61 bits per heavy atom. The Hall–Kier alpha value is -3.64. The van der Waals surface area contributed by atoms with E-state index in [1.807, 2.05) is 0 Å². The van der Waals surface area contributed by atoms with Gasteiger partial charge in [0.2, 0.25) is 11.6 Å². The van der Waals surface area contributed by atoms with E-state index in [-0.39, 0.29) is 32.9 Å². The minimum atomic E-state index is -5.10. The molecule has 0 bridgehead atoms. The van der Waals surface area contributed by atoms with Crippen LogP contribution in [0.15, 0.2) is 50.8 Å². The van der Waals surface area contributed by atoms with Crippen molar-refractivity contribution in [3.63, 3.8) is 0 Å². The molecule has 0 saturated heterocycles. The Balaban J connectivity index is 1.84. The van der Waals surface area contributed by atoms with E-state index in [1.54, 1.807) is 29.2 Å². The quantitative estimate of drug-likeness (QED) is 0.462. The van der Waals surface area contributed by atoms with E-state index in [0.717, 1.165) is 16.8 Å². The molecule has 0 atom stereocenters. The van der Waals surface area contributed by atoms with Crippen molar-refractivity contribution in [1.29, 1.82) is 0 Å². The second-order valence-corrected chi connectivity index (χ2v) is 7.45. The molecule has 4 rings (SSSR count). The molecule has 0 unspecified atom stereocenters. The molecule has 0 amide bonds. The molecule has 0 spiro atoms. The molecular formula is C19H10Cl2F3N5O4. The first-order valence-corrected chi connectivity index (χ1v) is 9.67. The molecule has 14 heteroatoms. The summed E-state index contributed by atoms with van der Waals surface area (Å²) in [5, 5.41) is 7.43. The van der Waals surface area contributed by atoms with Gasteiger partial charge in [0.05, 0.1) is 26.5 Å². The molecule has 170 valence electrons. The van der Waals surface area contributed by atoms with Crippen molar-refractivity contribution >= 4 is 34.0 Å². The molecule has 9 nitrogen and oxygen atoms in total. The number of aryl methyl sites for hydroxylation is 1. The van der Waals surface area contributed by atoms with Gasteiger partial charge in [-0.1, -0.05) is 35.3 Å². The molecule has 4 aromatic rings. The number of aromatic amines is 1. The highest BCUT2D eigenvalue weighted by Gasteiger charge is 2.37. The van der Waals surface area contributed by atoms with Gasteiger partial charge in [0.25, 0.3) is 11.1 Å². The van der Waals surface area contributed by atoms with Crippen molar-refractivity contribution in [3.05, 3.63) is 83.3 Å². The van der Waals surface area contributed by atoms with Crippen LogP contribution in [-0.4, -0.2) is 24.5 Å². The number of fused-ring (bicyclic) bond motifs is 1. The lowest BCUT2D eigenvalue weighted by atomic mass is 10.2. The van der Waals surface area contributed by atoms with E-state index in [0.29, 0.717) is 15.5 Å². The van der Waals surface area contributed by atoms with Crippen LogP contribution in [0.2, 0.25) is 10.0 Å². The maximum absolute atomic E-state index is 13.0. The molecule has 0 aliphatic rings. The maximum Gasteiger partial charge on any atom is 0.440 e. The third-order valence-electron chi connectivity index (χ3n) is 4.45. The minimum Gasteiger partial charge on any atom is -0.434 e. The number of nitrogens with one attached hydrogen (secondary N) is 1. The van der Waals surface area contributed by atoms with Crippen LogP contribution < -0.4 is 21.5 Å². The third-order valence-corrected chi connectivity index (χ3v) is 5.01. The number of alkyl halides is 3. The second kappa shape index (κ2) is 8.05. The van der Waals surface area contributed by atoms with Gasteiger partial charge in [0.15, 0.2) is 5.75 Å². The summed E-state index contributed by atoms with van der Waals surface area (Å²) < 4.78 is 46.2. The lowest BCUT2D eigenvalue weighted by molar-refractivity contribution is -0.143. The molecule has 2 heterocycles. The fourth-order valence-corrected chi connectivity index (χ4v) is 3.52. The zero-order valence-electron chi connectivity index (χ0n) is 16.3. The number of halogens is 5. The fourth-order valence-electron chi connectivity index (χ4n) is 2.96. The number of benzene rings is 2. The molecule has 0 radical (unpaired) electrons. The Bertz CT molecular complexity index is 1570. The first-order chi connectivity index (χ1) is 15.5. The summed E-state index contributed by atoms with van der Waals surface area (Å²) in [5.74, 6) is -0.144. The van der Waals surface area contributed by atoms with Crippen LogP contribution in [0.5, 0.6) is 11.6 Å². The van der Waals surface area contributed by atoms with Gasteiger partial charge in [-0.05, 0) is 24.3 Å². The van der Waals surface area contributed by atoms with Crippen molar-refractivity contribution in [3.8, 4) is 17.3 Å². The normalized spacial score (nSPS) is 11.7. The molecule has 0 aliphatic heterocycles. The lowest BCUT2D eigenvalue weighted by Gasteiger charge is -2.14. The van der Waals surface area contributed by atoms with Gasteiger partial charge in [-0.2, -0.15) is 23.0 Å². The molecule has 2 aromatic heterocycles. The monoisotopic (exact) mass is 499 g/mol. The summed E-state index contributed by atoms with van der Waals surface area (Å²) in [6, 6.07) is 8.63. The van der Waals surface area contributed by atoms with E-state index in [1.165, 1.54) is 7.05 Å². The van der Waals surface area contributed by atoms with Gasteiger partial charge < -0.3 is 4.74 Å². The molecule has 33 heavy (non-hydrogen) atoms. The van der Waals surface area contributed by atoms with Gasteiger partial charge >= 0.3 is 11.9 Å². The van der Waals surface area contributed by atoms with Gasteiger partial charge in [0.1, 0.15) is 0 Å². The summed E-state index contributed by atoms with van der Waals surface area (Å²) in [6.07, 6.45) is -5.10. The van der Waals surface area contributed by atoms with E-state index in [4.69, 9.17) is 27.9 Å². The van der Waals surface area contributed by atoms with E-state index in [9.17, 15) is 27.6 Å². The highest BCUT2D eigenvalue weighted by Crippen LogP contribution is 2.39. The lowest BCUT2D eigenvalue weighted by Crippen LogP contribution is -2.37. The van der Waals surface area contributed by atoms with Crippen LogP contribution in [0, 0.1) is 0 Å². The molecule has 0 aliphatic carbocycles. The Kier molecular flexibility index (Phi) is 5.50. The Morgan fingerprint density at radius 1 is 1.00 bits per heavy atom. The van der Waals surface area contributed by atoms with Gasteiger partial charge in [-0.25, -0.2) is 9.48 Å². The minimum absolute atomic E-state index is 0.0112. The van der Waals surface area contributed by atoms with Crippen molar-refractivity contribution < 1.29 is 17.9 Å². The largest absolute Gasteiger partial charge is 0.440 e. The number of ether oxygens (including phenoxy) is 1. The van der Waals surface area contributed by atoms with Crippen LogP contribution in [0.4, 0.5) is 13.2 Å². The third kappa shape index (κ3) is 4.10. The highest BCUT2D eigenvalue weighted by atomic mass is 35.5. The van der Waals surface area contributed by atoms with E-state index in [2.05, 4.69) is 10.2 Å². The van der Waals surface area contributed by atoms with Crippen molar-refractivity contribution in [2.45, 2.75) is 6.18 Å². The standard InChI is InChI=1S/C19H10Cl2F3N5O4/c1-28-17(31)10-5-3-2-4-9(10)16(27-28)33-13-11(20)6-8(7-12(13)21)29-18(32)25-15(30)14(26-29)19(22,23)24/h2-7H,1H3,(H,25,30,32). The fraction of sp³-hybridized carbons (Fsp3) is 0.105. The summed E-state index contributed by atoms with van der Waals surface area (Å²) in [5.41, 5.74) is -5.37. The molecule has 0 saturated carbocycles. The van der Waals surface area contributed by atoms with Crippen LogP contribution in [0.25, 0.3) is 16.5 Å². The topological polar surface area (TPSA) is 112 Å². The number of rotatable bonds is 3. The average Bonchev–Trinajstić information content (AvgIpc) is 2.73. The van der Waals surface area contributed by atoms with Crippen LogP contribution in [0.3, 0.4) is 0 Å². The van der Waals surface area contributed by atoms with E-state index >= 15 is 0 Å². The molecule has 1 N–H and O–H groups in total. The number of hydrogen-bond donors (Lipinski definition) is 1. The summed E-state index contributed by atoms with van der Waals surface area (Å²) in [7, 11) is 1.42. The van der Waals surface area contributed by atoms with Crippen LogP contribution in [0.1, 0.15) is 5.69 Å². The van der Waals surface area contributed by atoms with Crippen molar-refractivity contribution in [1.82, 2.24) is 24.5 Å². The number of nitrogens with zero attached hydrogens (tertiary/aromatic N) is 4. The predicted octanol–water partition coefficient (Wildman–Crippen LogP) is 3.29. The van der Waals surface area contributed by atoms with Crippen molar-refractivity contribution in [2.75, 3.05) is 0 Å². The summed E-state index contributed by atoms with van der Waals surface area (Å²) >= 11 is 12.5. The number of hydrogen-bond acceptors (Lipinski definition) is 6. The molecule has 0 fully saturated rings. The van der Waals surface area contributed by atoms with Gasteiger partial charge in [-0.3, -0.25) is 14.6 Å². The maximum atomic E-state index is 13.0. The van der Waals surface area contributed by atoms with Crippen LogP contribution >= 0.6 is 23.2 Å². The summed E-state index contributed by atoms with van der Waals surface area (Å²) in [4.78, 5) is 37.3. The first-order valence-electron chi connectivity index (χ1n) is 8.91. The number of H-pyrrole nitrogens is 1. The van der Waals surface area contributed by atoms with Gasteiger partial charge in [-0.15, -0.1) is 5.10 Å². The Morgan fingerprint density at radius 3 is 2.21 bits per heavy atom. The zero-order valence-corrected chi connectivity index (χ0v) is 17.8. The van der Waals surface area contributed by atoms with Crippen LogP contribution in [-0.2, 0) is 13.2 Å². The predicted molar refractivity (Wildman–Crippen MR) is 113 cm³/mol.